The number of amidine groups is 1. The maximum atomic E-state index is 15.2. The van der Waals surface area contributed by atoms with Crippen molar-refractivity contribution in [3.63, 3.8) is 0 Å². The molecular weight excluding hydrogens is 535 g/mol. The molecule has 39 heavy (non-hydrogen) atoms. The van der Waals surface area contributed by atoms with Gasteiger partial charge in [-0.05, 0) is 37.5 Å². The van der Waals surface area contributed by atoms with Crippen LogP contribution in [0.25, 0.3) is 0 Å². The number of nitrogens with zero attached hydrogens (tertiary/aromatic N) is 4. The summed E-state index contributed by atoms with van der Waals surface area (Å²) in [5.41, 5.74) is 1.18. The first-order chi connectivity index (χ1) is 18.6. The lowest BCUT2D eigenvalue weighted by Gasteiger charge is -2.31. The van der Waals surface area contributed by atoms with Crippen LogP contribution in [0.1, 0.15) is 35.5 Å². The van der Waals surface area contributed by atoms with Gasteiger partial charge in [0, 0.05) is 36.4 Å². The van der Waals surface area contributed by atoms with Crippen LogP contribution in [0.4, 0.5) is 13.2 Å². The molecule has 0 bridgehead atoms. The minimum absolute atomic E-state index is 0.0684. The predicted octanol–water partition coefficient (Wildman–Crippen LogP) is 2.98. The third kappa shape index (κ3) is 5.18. The highest BCUT2D eigenvalue weighted by Crippen LogP contribution is 2.42. The molecule has 2 saturated heterocycles. The molecule has 3 unspecified atom stereocenters. The van der Waals surface area contributed by atoms with Crippen LogP contribution in [0.3, 0.4) is 0 Å². The fourth-order valence-electron chi connectivity index (χ4n) is 5.74. The van der Waals surface area contributed by atoms with E-state index in [1.165, 1.54) is 28.4 Å². The molecule has 3 aliphatic rings. The summed E-state index contributed by atoms with van der Waals surface area (Å²) in [6.45, 7) is 2.40. The SMILES string of the molecule is CCOC(=O)C1=C(CN2CC(F)(F)C3C2CCN3CC(=O)O)NC(c2nccs2)=NC1c1cccc(F)c1C. The molecule has 9 nitrogen and oxygen atoms in total. The number of carbonyl (C=O) groups excluding carboxylic acids is 1. The smallest absolute Gasteiger partial charge is 0.338 e. The van der Waals surface area contributed by atoms with E-state index in [2.05, 4.69) is 10.3 Å². The van der Waals surface area contributed by atoms with Gasteiger partial charge >= 0.3 is 11.9 Å². The molecule has 208 valence electrons. The van der Waals surface area contributed by atoms with E-state index in [1.807, 2.05) is 0 Å². The summed E-state index contributed by atoms with van der Waals surface area (Å²) in [6, 6.07) is 1.69. The van der Waals surface area contributed by atoms with E-state index >= 15 is 8.78 Å². The molecule has 0 aliphatic carbocycles. The third-order valence-corrected chi connectivity index (χ3v) is 8.13. The second kappa shape index (κ2) is 10.7. The van der Waals surface area contributed by atoms with Crippen molar-refractivity contribution in [2.45, 2.75) is 44.3 Å². The molecule has 3 atom stereocenters. The minimum Gasteiger partial charge on any atom is -0.480 e. The number of aliphatic imine (C=N–C) groups is 1. The number of likely N-dealkylation sites (tertiary alicyclic amines) is 2. The zero-order valence-electron chi connectivity index (χ0n) is 21.4. The number of hydrogen-bond acceptors (Lipinski definition) is 9. The Morgan fingerprint density at radius 3 is 2.79 bits per heavy atom. The van der Waals surface area contributed by atoms with Gasteiger partial charge in [-0.15, -0.1) is 11.3 Å². The summed E-state index contributed by atoms with van der Waals surface area (Å²) in [5.74, 6) is -5.13. The number of aliphatic carboxylic acids is 1. The van der Waals surface area contributed by atoms with Crippen LogP contribution in [-0.4, -0.2) is 88.5 Å². The molecule has 0 amide bonds. The van der Waals surface area contributed by atoms with Gasteiger partial charge in [0.05, 0.1) is 31.3 Å². The van der Waals surface area contributed by atoms with E-state index in [0.29, 0.717) is 34.1 Å². The van der Waals surface area contributed by atoms with Crippen LogP contribution in [0.2, 0.25) is 0 Å². The summed E-state index contributed by atoms with van der Waals surface area (Å²) in [5, 5.41) is 14.6. The van der Waals surface area contributed by atoms with Crippen molar-refractivity contribution in [2.24, 2.45) is 4.99 Å². The number of carbonyl (C=O) groups is 2. The Kier molecular flexibility index (Phi) is 7.49. The predicted molar refractivity (Wildman–Crippen MR) is 137 cm³/mol. The Morgan fingerprint density at radius 2 is 2.10 bits per heavy atom. The summed E-state index contributed by atoms with van der Waals surface area (Å²) >= 11 is 1.31. The summed E-state index contributed by atoms with van der Waals surface area (Å²) in [4.78, 5) is 36.6. The lowest BCUT2D eigenvalue weighted by Crippen LogP contribution is -2.47. The van der Waals surface area contributed by atoms with Crippen molar-refractivity contribution in [3.05, 3.63) is 63.0 Å². The molecule has 2 N–H and O–H groups in total. The average molecular weight is 564 g/mol. The zero-order valence-corrected chi connectivity index (χ0v) is 22.2. The van der Waals surface area contributed by atoms with Crippen molar-refractivity contribution < 1.29 is 32.6 Å². The molecule has 0 radical (unpaired) electrons. The van der Waals surface area contributed by atoms with E-state index in [4.69, 9.17) is 9.73 Å². The van der Waals surface area contributed by atoms with Crippen LogP contribution in [-0.2, 0) is 14.3 Å². The van der Waals surface area contributed by atoms with E-state index in [-0.39, 0.29) is 25.3 Å². The minimum atomic E-state index is -3.15. The molecule has 1 aromatic carbocycles. The van der Waals surface area contributed by atoms with Gasteiger partial charge < -0.3 is 15.2 Å². The summed E-state index contributed by atoms with van der Waals surface area (Å²) in [6.07, 6.45) is 1.95. The Labute approximate surface area is 227 Å². The molecule has 0 saturated carbocycles. The second-order valence-corrected chi connectivity index (χ2v) is 10.6. The number of hydrogen-bond donors (Lipinski definition) is 2. The molecule has 5 rings (SSSR count). The van der Waals surface area contributed by atoms with E-state index in [9.17, 15) is 19.1 Å². The Bertz CT molecular complexity index is 1330. The molecule has 1 aromatic heterocycles. The Balaban J connectivity index is 1.58. The second-order valence-electron chi connectivity index (χ2n) is 9.74. The number of carboxylic acids is 1. The number of rotatable bonds is 8. The number of benzene rings is 1. The monoisotopic (exact) mass is 563 g/mol. The van der Waals surface area contributed by atoms with Crippen molar-refractivity contribution in [3.8, 4) is 0 Å². The molecule has 2 fully saturated rings. The highest BCUT2D eigenvalue weighted by molar-refractivity contribution is 7.11. The number of halogens is 3. The van der Waals surface area contributed by atoms with Gasteiger partial charge in [-0.2, -0.15) is 0 Å². The molecule has 3 aliphatic heterocycles. The molecular formula is C26H28F3N5O4S. The maximum Gasteiger partial charge on any atom is 0.338 e. The fraction of sp³-hybridized carbons (Fsp3) is 0.462. The van der Waals surface area contributed by atoms with Crippen molar-refractivity contribution in [2.75, 3.05) is 32.8 Å². The normalized spacial score (nSPS) is 24.8. The average Bonchev–Trinajstić information content (AvgIpc) is 3.60. The highest BCUT2D eigenvalue weighted by atomic mass is 32.1. The first-order valence-electron chi connectivity index (χ1n) is 12.6. The fourth-order valence-corrected chi connectivity index (χ4v) is 6.33. The van der Waals surface area contributed by atoms with Gasteiger partial charge in [-0.25, -0.2) is 22.9 Å². The zero-order chi connectivity index (χ0) is 27.9. The van der Waals surface area contributed by atoms with Gasteiger partial charge in [0.1, 0.15) is 11.9 Å². The maximum absolute atomic E-state index is 15.2. The number of thiazole rings is 1. The lowest BCUT2D eigenvalue weighted by atomic mass is 9.92. The number of aromatic nitrogens is 1. The van der Waals surface area contributed by atoms with Gasteiger partial charge in [0.15, 0.2) is 10.8 Å². The van der Waals surface area contributed by atoms with Crippen LogP contribution in [0.15, 0.2) is 46.0 Å². The number of alkyl halides is 2. The van der Waals surface area contributed by atoms with Crippen LogP contribution >= 0.6 is 11.3 Å². The van der Waals surface area contributed by atoms with Crippen molar-refractivity contribution >= 4 is 29.1 Å². The van der Waals surface area contributed by atoms with Crippen LogP contribution in [0.5, 0.6) is 0 Å². The number of nitrogens with one attached hydrogen (secondary N) is 1. The van der Waals surface area contributed by atoms with Gasteiger partial charge in [-0.3, -0.25) is 19.6 Å². The number of fused-ring (bicyclic) bond motifs is 1. The number of ether oxygens (including phenoxy) is 1. The highest BCUT2D eigenvalue weighted by Gasteiger charge is 2.59. The standard InChI is InChI=1S/C26H28F3N5O4S/c1-3-38-25(37)20-17(11-34-13-26(28,29)22-18(34)7-9-33(22)12-19(35)36)31-23(24-30-8-10-39-24)32-21(20)15-5-4-6-16(27)14(15)2/h4-6,8,10,18,21-22H,3,7,9,11-13H2,1-2H3,(H,31,32)(H,35,36). The van der Waals surface area contributed by atoms with Crippen LogP contribution < -0.4 is 5.32 Å². The van der Waals surface area contributed by atoms with Crippen molar-refractivity contribution in [1.29, 1.82) is 0 Å². The lowest BCUT2D eigenvalue weighted by molar-refractivity contribution is -0.140. The molecule has 4 heterocycles. The quantitative estimate of drug-likeness (QED) is 0.473. The Hall–Kier alpha value is -3.29. The summed E-state index contributed by atoms with van der Waals surface area (Å²) < 4.78 is 50.5. The van der Waals surface area contributed by atoms with Gasteiger partial charge in [0.25, 0.3) is 5.92 Å². The Morgan fingerprint density at radius 1 is 1.31 bits per heavy atom. The van der Waals surface area contributed by atoms with Gasteiger partial charge in [0.2, 0.25) is 0 Å². The van der Waals surface area contributed by atoms with Crippen molar-refractivity contribution in [1.82, 2.24) is 20.1 Å². The van der Waals surface area contributed by atoms with E-state index in [1.54, 1.807) is 36.4 Å². The summed E-state index contributed by atoms with van der Waals surface area (Å²) in [7, 11) is 0. The topological polar surface area (TPSA) is 107 Å². The first kappa shape index (κ1) is 27.3. The molecule has 13 heteroatoms. The van der Waals surface area contributed by atoms with E-state index in [0.717, 1.165) is 0 Å². The molecule has 2 aromatic rings. The largest absolute Gasteiger partial charge is 0.480 e. The van der Waals surface area contributed by atoms with Gasteiger partial charge in [-0.1, -0.05) is 12.1 Å². The number of esters is 1. The third-order valence-electron chi connectivity index (χ3n) is 7.35. The van der Waals surface area contributed by atoms with E-state index < -0.39 is 54.9 Å². The molecule has 0 spiro atoms. The first-order valence-corrected chi connectivity index (χ1v) is 13.5. The van der Waals surface area contributed by atoms with Crippen LogP contribution in [0, 0.1) is 12.7 Å². The number of carboxylic acid groups (broad SMARTS) is 1.